The number of amides is 2. The molecule has 0 aromatic heterocycles. The molecule has 6 nitrogen and oxygen atoms in total. The van der Waals surface area contributed by atoms with E-state index in [4.69, 9.17) is 4.74 Å². The van der Waals surface area contributed by atoms with Crippen molar-refractivity contribution >= 4 is 11.8 Å². The van der Waals surface area contributed by atoms with Gasteiger partial charge in [0.1, 0.15) is 23.6 Å². The molecule has 2 heterocycles. The van der Waals surface area contributed by atoms with E-state index in [0.29, 0.717) is 36.7 Å². The molecule has 6 aliphatic rings. The number of halogens is 1. The summed E-state index contributed by atoms with van der Waals surface area (Å²) in [5.41, 5.74) is 1.64. The van der Waals surface area contributed by atoms with Crippen LogP contribution in [0.4, 0.5) is 4.39 Å². The highest BCUT2D eigenvalue weighted by molar-refractivity contribution is 6.01. The van der Waals surface area contributed by atoms with Crippen molar-refractivity contribution < 1.29 is 18.7 Å². The Hall–Kier alpha value is -2.41. The third kappa shape index (κ3) is 3.55. The van der Waals surface area contributed by atoms with Crippen molar-refractivity contribution in [3.63, 3.8) is 0 Å². The van der Waals surface area contributed by atoms with Gasteiger partial charge in [-0.3, -0.25) is 14.5 Å². The van der Waals surface area contributed by atoms with Gasteiger partial charge in [-0.2, -0.15) is 0 Å². The normalized spacial score (nSPS) is 36.3. The second kappa shape index (κ2) is 7.80. The summed E-state index contributed by atoms with van der Waals surface area (Å²) in [4.78, 5) is 29.6. The van der Waals surface area contributed by atoms with Crippen molar-refractivity contribution in [1.82, 2.24) is 15.1 Å². The average Bonchev–Trinajstić information content (AvgIpc) is 3.34. The number of benzene rings is 1. The summed E-state index contributed by atoms with van der Waals surface area (Å²) in [6.07, 6.45) is 6.85. The van der Waals surface area contributed by atoms with E-state index in [-0.39, 0.29) is 23.3 Å². The Morgan fingerprint density at radius 3 is 2.74 bits per heavy atom. The predicted octanol–water partition coefficient (Wildman–Crippen LogP) is 3.95. The second-order valence-corrected chi connectivity index (χ2v) is 11.3. The quantitative estimate of drug-likeness (QED) is 0.660. The van der Waals surface area contributed by atoms with Gasteiger partial charge in [0, 0.05) is 30.4 Å². The van der Waals surface area contributed by atoms with Gasteiger partial charge < -0.3 is 15.0 Å². The Morgan fingerprint density at radius 2 is 2.03 bits per heavy atom. The van der Waals surface area contributed by atoms with Crippen LogP contribution in [0.3, 0.4) is 0 Å². The monoisotopic (exact) mass is 467 g/mol. The predicted molar refractivity (Wildman–Crippen MR) is 126 cm³/mol. The molecule has 2 aliphatic heterocycles. The number of piperidine rings is 1. The van der Waals surface area contributed by atoms with E-state index in [9.17, 15) is 14.0 Å². The minimum Gasteiger partial charge on any atom is -0.489 e. The van der Waals surface area contributed by atoms with E-state index < -0.39 is 11.7 Å². The molecule has 1 saturated heterocycles. The van der Waals surface area contributed by atoms with Crippen molar-refractivity contribution in [1.29, 1.82) is 0 Å². The fraction of sp³-hybridized carbons (Fsp3) is 0.630. The molecule has 5 fully saturated rings. The number of hydrogen-bond donors (Lipinski definition) is 1. The number of ether oxygens (including phenoxy) is 1. The highest BCUT2D eigenvalue weighted by Crippen LogP contribution is 2.69. The standard InChI is InChI=1S/C27H34FN3O3/c1-3-30(16-26-13-27(28,14-26)15-26)21-5-4-6-23(21)34-19-8-9-20-18(11-19)12-31(25(20)33)22-10-7-17(2)29-24(22)32/h8-9,11,21-23H,2-7,10,12-16H2,1H3,(H,29,32)/t21-,22?,23-,26?,27?/m0/s1. The first-order valence-electron chi connectivity index (χ1n) is 12.8. The highest BCUT2D eigenvalue weighted by atomic mass is 19.1. The summed E-state index contributed by atoms with van der Waals surface area (Å²) < 4.78 is 20.5. The first kappa shape index (κ1) is 22.1. The molecule has 1 aromatic carbocycles. The van der Waals surface area contributed by atoms with E-state index in [0.717, 1.165) is 62.9 Å². The SMILES string of the molecule is C=C1CCC(N2Cc3cc(O[C@H]4CCC[C@@H]4N(CC)CC45CC(F)(C4)C5)ccc3C2=O)C(=O)N1. The number of alkyl halides is 1. The van der Waals surface area contributed by atoms with Crippen molar-refractivity contribution in [3.8, 4) is 5.75 Å². The van der Waals surface area contributed by atoms with Crippen LogP contribution in [0.5, 0.6) is 5.75 Å². The van der Waals surface area contributed by atoms with Gasteiger partial charge in [0.2, 0.25) is 5.91 Å². The zero-order chi connectivity index (χ0) is 23.7. The van der Waals surface area contributed by atoms with Crippen LogP contribution >= 0.6 is 0 Å². The first-order chi connectivity index (χ1) is 16.3. The van der Waals surface area contributed by atoms with Crippen LogP contribution in [-0.2, 0) is 11.3 Å². The lowest BCUT2D eigenvalue weighted by Crippen LogP contribution is -2.68. The molecule has 1 aromatic rings. The fourth-order valence-corrected chi connectivity index (χ4v) is 7.26. The molecule has 182 valence electrons. The van der Waals surface area contributed by atoms with Crippen LogP contribution in [0.25, 0.3) is 0 Å². The van der Waals surface area contributed by atoms with Crippen LogP contribution in [0.2, 0.25) is 0 Å². The Balaban J connectivity index is 1.13. The number of likely N-dealkylation sites (N-methyl/N-ethyl adjacent to an activating group) is 1. The molecule has 1 unspecified atom stereocenters. The summed E-state index contributed by atoms with van der Waals surface area (Å²) >= 11 is 0. The molecule has 34 heavy (non-hydrogen) atoms. The maximum atomic E-state index is 14.0. The molecule has 1 N–H and O–H groups in total. The van der Waals surface area contributed by atoms with E-state index in [1.54, 1.807) is 4.90 Å². The summed E-state index contributed by atoms with van der Waals surface area (Å²) in [5.74, 6) is 0.551. The molecular formula is C27H34FN3O3. The molecule has 4 aliphatic carbocycles. The van der Waals surface area contributed by atoms with Gasteiger partial charge in [0.25, 0.3) is 5.91 Å². The van der Waals surface area contributed by atoms with Crippen LogP contribution in [-0.4, -0.2) is 58.6 Å². The van der Waals surface area contributed by atoms with Crippen LogP contribution in [0.15, 0.2) is 30.5 Å². The molecule has 7 rings (SSSR count). The third-order valence-corrected chi connectivity index (χ3v) is 8.80. The summed E-state index contributed by atoms with van der Waals surface area (Å²) in [6, 6.07) is 5.61. The number of rotatable bonds is 7. The van der Waals surface area contributed by atoms with E-state index >= 15 is 0 Å². The Labute approximate surface area is 200 Å². The summed E-state index contributed by atoms with van der Waals surface area (Å²) in [6.45, 7) is 8.38. The zero-order valence-corrected chi connectivity index (χ0v) is 19.9. The number of nitrogens with one attached hydrogen (secondary N) is 1. The molecule has 2 bridgehead atoms. The number of carbonyl (C=O) groups excluding carboxylic acids is 2. The molecule has 3 atom stereocenters. The Bertz CT molecular complexity index is 1040. The molecular weight excluding hydrogens is 433 g/mol. The van der Waals surface area contributed by atoms with Gasteiger partial charge in [-0.1, -0.05) is 13.5 Å². The number of carbonyl (C=O) groups is 2. The molecule has 4 saturated carbocycles. The van der Waals surface area contributed by atoms with Crippen LogP contribution < -0.4 is 10.1 Å². The molecule has 0 radical (unpaired) electrons. The van der Waals surface area contributed by atoms with Crippen LogP contribution in [0.1, 0.15) is 74.2 Å². The second-order valence-electron chi connectivity index (χ2n) is 11.3. The lowest BCUT2D eigenvalue weighted by Gasteiger charge is -2.67. The van der Waals surface area contributed by atoms with Gasteiger partial charge in [0.15, 0.2) is 0 Å². The van der Waals surface area contributed by atoms with Crippen molar-refractivity contribution in [3.05, 3.63) is 41.6 Å². The maximum Gasteiger partial charge on any atom is 0.255 e. The minimum atomic E-state index is -0.854. The Kier molecular flexibility index (Phi) is 5.07. The van der Waals surface area contributed by atoms with Crippen LogP contribution in [0, 0.1) is 5.41 Å². The van der Waals surface area contributed by atoms with Gasteiger partial charge in [-0.25, -0.2) is 4.39 Å². The highest BCUT2D eigenvalue weighted by Gasteiger charge is 2.69. The fourth-order valence-electron chi connectivity index (χ4n) is 7.26. The van der Waals surface area contributed by atoms with Gasteiger partial charge in [-0.15, -0.1) is 0 Å². The van der Waals surface area contributed by atoms with Gasteiger partial charge in [0.05, 0.1) is 0 Å². The maximum absolute atomic E-state index is 14.0. The van der Waals surface area contributed by atoms with Crippen molar-refractivity contribution in [2.45, 2.75) is 88.7 Å². The molecule has 7 heteroatoms. The van der Waals surface area contributed by atoms with Gasteiger partial charge >= 0.3 is 0 Å². The first-order valence-corrected chi connectivity index (χ1v) is 12.8. The number of hydrogen-bond acceptors (Lipinski definition) is 4. The minimum absolute atomic E-state index is 0.0886. The molecule has 0 spiro atoms. The number of nitrogens with zero attached hydrogens (tertiary/aromatic N) is 2. The number of fused-ring (bicyclic) bond motifs is 1. The van der Waals surface area contributed by atoms with E-state index in [2.05, 4.69) is 23.7 Å². The topological polar surface area (TPSA) is 61.9 Å². The van der Waals surface area contributed by atoms with Crippen molar-refractivity contribution in [2.24, 2.45) is 5.41 Å². The third-order valence-electron chi connectivity index (χ3n) is 8.80. The summed E-state index contributed by atoms with van der Waals surface area (Å²) in [7, 11) is 0. The molecule has 2 amide bonds. The largest absolute Gasteiger partial charge is 0.489 e. The average molecular weight is 468 g/mol. The van der Waals surface area contributed by atoms with Gasteiger partial charge in [-0.05, 0) is 87.1 Å². The Morgan fingerprint density at radius 1 is 1.24 bits per heavy atom. The smallest absolute Gasteiger partial charge is 0.255 e. The summed E-state index contributed by atoms with van der Waals surface area (Å²) in [5, 5.41) is 2.79. The van der Waals surface area contributed by atoms with E-state index in [1.807, 2.05) is 18.2 Å². The lowest BCUT2D eigenvalue weighted by atomic mass is 9.42. The zero-order valence-electron chi connectivity index (χ0n) is 19.9. The van der Waals surface area contributed by atoms with E-state index in [1.165, 1.54) is 0 Å². The van der Waals surface area contributed by atoms with Crippen molar-refractivity contribution in [2.75, 3.05) is 13.1 Å². The lowest BCUT2D eigenvalue weighted by molar-refractivity contribution is -0.224. The number of allylic oxidation sites excluding steroid dienone is 1.